The van der Waals surface area contributed by atoms with Gasteiger partial charge >= 0.3 is 0 Å². The summed E-state index contributed by atoms with van der Waals surface area (Å²) in [5.74, 6) is 7.98. The van der Waals surface area contributed by atoms with E-state index in [-0.39, 0.29) is 12.0 Å². The molecule has 1 N–H and O–H groups in total. The predicted molar refractivity (Wildman–Crippen MR) is 77.8 cm³/mol. The first-order chi connectivity index (χ1) is 8.46. The van der Waals surface area contributed by atoms with Crippen LogP contribution in [0.15, 0.2) is 12.2 Å². The first kappa shape index (κ1) is 15.3. The van der Waals surface area contributed by atoms with Crippen LogP contribution in [-0.2, 0) is 0 Å². The molecule has 0 heterocycles. The largest absolute Gasteiger partial charge is 0.384 e. The van der Waals surface area contributed by atoms with Crippen molar-refractivity contribution in [3.63, 3.8) is 0 Å². The Kier molecular flexibility index (Phi) is 5.47. The highest BCUT2D eigenvalue weighted by Gasteiger charge is 2.34. The van der Waals surface area contributed by atoms with E-state index in [0.29, 0.717) is 17.8 Å². The van der Waals surface area contributed by atoms with Crippen molar-refractivity contribution in [1.82, 2.24) is 0 Å². The zero-order valence-corrected chi connectivity index (χ0v) is 12.3. The molecule has 0 aromatic heterocycles. The molecule has 0 amide bonds. The van der Waals surface area contributed by atoms with Crippen molar-refractivity contribution in [3.05, 3.63) is 18.6 Å². The van der Waals surface area contributed by atoms with Crippen molar-refractivity contribution in [1.29, 1.82) is 0 Å². The molecule has 1 aliphatic rings. The molecule has 0 bridgehead atoms. The molecule has 18 heavy (non-hydrogen) atoms. The van der Waals surface area contributed by atoms with Gasteiger partial charge < -0.3 is 11.5 Å². The molecule has 0 saturated heterocycles. The second-order valence-electron chi connectivity index (χ2n) is 5.95. The van der Waals surface area contributed by atoms with Crippen LogP contribution < -0.4 is 0 Å². The van der Waals surface area contributed by atoms with Crippen LogP contribution >= 0.6 is 0 Å². The Morgan fingerprint density at radius 3 is 2.67 bits per heavy atom. The maximum absolute atomic E-state index is 9.01. The molecule has 0 spiro atoms. The molecule has 1 nitrogen and oxygen atoms in total. The Labute approximate surface area is 113 Å². The zero-order valence-electron chi connectivity index (χ0n) is 12.3. The van der Waals surface area contributed by atoms with Gasteiger partial charge in [-0.15, -0.1) is 5.92 Å². The van der Waals surface area contributed by atoms with Crippen LogP contribution in [0.1, 0.15) is 47.0 Å². The van der Waals surface area contributed by atoms with E-state index >= 15 is 0 Å². The average Bonchev–Trinajstić information content (AvgIpc) is 2.46. The van der Waals surface area contributed by atoms with Gasteiger partial charge in [0.2, 0.25) is 0 Å². The summed E-state index contributed by atoms with van der Waals surface area (Å²) in [5.41, 5.74) is 1.21. The summed E-state index contributed by atoms with van der Waals surface area (Å²) in [6.07, 6.45) is 5.59. The second-order valence-corrected chi connectivity index (χ2v) is 5.95. The van der Waals surface area contributed by atoms with E-state index in [0.717, 1.165) is 6.42 Å². The lowest BCUT2D eigenvalue weighted by atomic mass is 9.65. The first-order valence-corrected chi connectivity index (χ1v) is 7.06. The molecule has 3 unspecified atom stereocenters. The standard InChI is InChI=1S/C17H27O/c1-6-17(10-7-11-18)12-15(5)14(4)8-9-16(17)13(2)3/h6,13-14,16,18H,5,8-9,11-12H2,1-4H3/q-1. The molecule has 0 aromatic rings. The van der Waals surface area contributed by atoms with E-state index < -0.39 is 0 Å². The van der Waals surface area contributed by atoms with Gasteiger partial charge in [-0.3, -0.25) is 0 Å². The fraction of sp³-hybridized carbons (Fsp3) is 0.706. The van der Waals surface area contributed by atoms with Crippen molar-refractivity contribution in [2.75, 3.05) is 6.61 Å². The summed E-state index contributed by atoms with van der Waals surface area (Å²) in [6.45, 7) is 13.1. The molecule has 1 saturated carbocycles. The van der Waals surface area contributed by atoms with Crippen molar-refractivity contribution < 1.29 is 5.11 Å². The van der Waals surface area contributed by atoms with Crippen molar-refractivity contribution in [2.24, 2.45) is 23.2 Å². The predicted octanol–water partition coefficient (Wildman–Crippen LogP) is 3.84. The smallest absolute Gasteiger partial charge is 0.104 e. The molecular weight excluding hydrogens is 220 g/mol. The molecule has 0 aliphatic heterocycles. The van der Waals surface area contributed by atoms with Crippen molar-refractivity contribution in [2.45, 2.75) is 47.0 Å². The lowest BCUT2D eigenvalue weighted by molar-refractivity contribution is 0.207. The van der Waals surface area contributed by atoms with E-state index in [4.69, 9.17) is 5.11 Å². The molecule has 102 valence electrons. The number of hydrogen-bond donors (Lipinski definition) is 1. The van der Waals surface area contributed by atoms with Crippen LogP contribution in [0.5, 0.6) is 0 Å². The Morgan fingerprint density at radius 1 is 1.50 bits per heavy atom. The highest BCUT2D eigenvalue weighted by molar-refractivity contribution is 5.25. The average molecular weight is 247 g/mol. The van der Waals surface area contributed by atoms with Crippen molar-refractivity contribution >= 4 is 0 Å². The molecule has 0 aromatic carbocycles. The number of allylic oxidation sites excluding steroid dienone is 1. The molecular formula is C17H27O-. The summed E-state index contributed by atoms with van der Waals surface area (Å²) in [5, 5.41) is 9.01. The summed E-state index contributed by atoms with van der Waals surface area (Å²) >= 11 is 0. The summed E-state index contributed by atoms with van der Waals surface area (Å²) in [4.78, 5) is 0. The van der Waals surface area contributed by atoms with Crippen LogP contribution in [0.25, 0.3) is 0 Å². The quantitative estimate of drug-likeness (QED) is 0.340. The van der Waals surface area contributed by atoms with Crippen LogP contribution in [0, 0.1) is 41.4 Å². The molecule has 3 atom stereocenters. The van der Waals surface area contributed by atoms with E-state index in [2.05, 4.69) is 52.5 Å². The second kappa shape index (κ2) is 6.43. The van der Waals surface area contributed by atoms with E-state index in [1.165, 1.54) is 18.4 Å². The lowest BCUT2D eigenvalue weighted by Crippen LogP contribution is -2.32. The van der Waals surface area contributed by atoms with E-state index in [1.54, 1.807) is 0 Å². The van der Waals surface area contributed by atoms with E-state index in [1.807, 2.05) is 0 Å². The van der Waals surface area contributed by atoms with Gasteiger partial charge in [-0.1, -0.05) is 50.7 Å². The fourth-order valence-electron chi connectivity index (χ4n) is 3.23. The Morgan fingerprint density at radius 2 is 2.17 bits per heavy atom. The van der Waals surface area contributed by atoms with Gasteiger partial charge in [-0.05, 0) is 30.6 Å². The maximum atomic E-state index is 9.01. The van der Waals surface area contributed by atoms with Crippen LogP contribution in [-0.4, -0.2) is 11.7 Å². The van der Waals surface area contributed by atoms with Crippen LogP contribution in [0.4, 0.5) is 0 Å². The minimum absolute atomic E-state index is 0.0531. The zero-order chi connectivity index (χ0) is 13.8. The topological polar surface area (TPSA) is 20.2 Å². The molecule has 1 fully saturated rings. The molecule has 1 heteroatoms. The van der Waals surface area contributed by atoms with Gasteiger partial charge in [-0.2, -0.15) is 6.92 Å². The highest BCUT2D eigenvalue weighted by Crippen LogP contribution is 2.48. The number of aliphatic hydroxyl groups excluding tert-OH is 1. The third-order valence-corrected chi connectivity index (χ3v) is 4.51. The van der Waals surface area contributed by atoms with Gasteiger partial charge in [-0.25, -0.2) is 0 Å². The number of hydrogen-bond acceptors (Lipinski definition) is 1. The Balaban J connectivity index is 3.15. The monoisotopic (exact) mass is 247 g/mol. The minimum Gasteiger partial charge on any atom is -0.384 e. The van der Waals surface area contributed by atoms with Gasteiger partial charge in [0.15, 0.2) is 0 Å². The molecule has 1 aliphatic carbocycles. The summed E-state index contributed by atoms with van der Waals surface area (Å²) in [6, 6.07) is 0. The SMILES string of the molecule is C=C1CC(C#CCO)([CH-]C)C(C(C)C)CCC1C. The number of rotatable bonds is 2. The summed E-state index contributed by atoms with van der Waals surface area (Å²) < 4.78 is 0. The first-order valence-electron chi connectivity index (χ1n) is 7.06. The van der Waals surface area contributed by atoms with Gasteiger partial charge in [0, 0.05) is 0 Å². The fourth-order valence-corrected chi connectivity index (χ4v) is 3.23. The minimum atomic E-state index is -0.0985. The third kappa shape index (κ3) is 3.18. The highest BCUT2D eigenvalue weighted by atomic mass is 16.2. The van der Waals surface area contributed by atoms with Crippen molar-refractivity contribution in [3.8, 4) is 11.8 Å². The Bertz CT molecular complexity index is 344. The number of aliphatic hydroxyl groups is 1. The summed E-state index contributed by atoms with van der Waals surface area (Å²) in [7, 11) is 0. The normalized spacial score (nSPS) is 32.9. The van der Waals surface area contributed by atoms with Gasteiger partial charge in [0.05, 0.1) is 0 Å². The van der Waals surface area contributed by atoms with Crippen LogP contribution in [0.2, 0.25) is 0 Å². The third-order valence-electron chi connectivity index (χ3n) is 4.51. The van der Waals surface area contributed by atoms with E-state index in [9.17, 15) is 0 Å². The molecule has 0 radical (unpaired) electrons. The maximum Gasteiger partial charge on any atom is 0.104 e. The van der Waals surface area contributed by atoms with Gasteiger partial charge in [0.25, 0.3) is 0 Å². The van der Waals surface area contributed by atoms with Crippen LogP contribution in [0.3, 0.4) is 0 Å². The van der Waals surface area contributed by atoms with Gasteiger partial charge in [0.1, 0.15) is 6.61 Å². The Hall–Kier alpha value is -0.740. The molecule has 1 rings (SSSR count). The lowest BCUT2D eigenvalue weighted by Gasteiger charge is -2.45.